The monoisotopic (exact) mass is 431 g/mol. The predicted octanol–water partition coefficient (Wildman–Crippen LogP) is 3.44. The number of aromatic nitrogens is 2. The van der Waals surface area contributed by atoms with E-state index in [1.54, 1.807) is 11.1 Å². The molecule has 0 radical (unpaired) electrons. The van der Waals surface area contributed by atoms with Gasteiger partial charge in [0.2, 0.25) is 0 Å². The molecule has 7 heteroatoms. The highest BCUT2D eigenvalue weighted by Crippen LogP contribution is 2.27. The highest BCUT2D eigenvalue weighted by atomic mass is 16.5. The summed E-state index contributed by atoms with van der Waals surface area (Å²) in [5.41, 5.74) is 3.57. The lowest BCUT2D eigenvalue weighted by molar-refractivity contribution is 0.0344. The van der Waals surface area contributed by atoms with Crippen LogP contribution in [-0.2, 0) is 11.3 Å². The molecule has 1 aliphatic heterocycles. The summed E-state index contributed by atoms with van der Waals surface area (Å²) in [4.78, 5) is 25.4. The number of rotatable bonds is 8. The second kappa shape index (κ2) is 10.3. The lowest BCUT2D eigenvalue weighted by atomic mass is 10.1. The van der Waals surface area contributed by atoms with Gasteiger partial charge in [-0.1, -0.05) is 42.5 Å². The van der Waals surface area contributed by atoms with Gasteiger partial charge in [-0.25, -0.2) is 9.97 Å². The fourth-order valence-corrected chi connectivity index (χ4v) is 3.93. The summed E-state index contributed by atoms with van der Waals surface area (Å²) in [6.07, 6.45) is 3.96. The van der Waals surface area contributed by atoms with Gasteiger partial charge in [-0.15, -0.1) is 0 Å². The van der Waals surface area contributed by atoms with Crippen molar-refractivity contribution in [3.8, 4) is 0 Å². The molecule has 1 aromatic heterocycles. The maximum Gasteiger partial charge on any atom is 0.263 e. The molecule has 2 aromatic carbocycles. The van der Waals surface area contributed by atoms with E-state index >= 15 is 0 Å². The quantitative estimate of drug-likeness (QED) is 0.589. The topological polar surface area (TPSA) is 70.6 Å². The zero-order chi connectivity index (χ0) is 22.3. The summed E-state index contributed by atoms with van der Waals surface area (Å²) >= 11 is 0. The van der Waals surface area contributed by atoms with Gasteiger partial charge >= 0.3 is 0 Å². The zero-order valence-electron chi connectivity index (χ0n) is 18.6. The Balaban J connectivity index is 1.51. The minimum absolute atomic E-state index is 0.00444. The minimum atomic E-state index is -0.0841. The molecule has 32 heavy (non-hydrogen) atoms. The maximum atomic E-state index is 13.2. The third kappa shape index (κ3) is 4.95. The average molecular weight is 432 g/mol. The highest BCUT2D eigenvalue weighted by molar-refractivity contribution is 6.09. The molecule has 166 valence electrons. The van der Waals surface area contributed by atoms with Crippen LogP contribution in [0.3, 0.4) is 0 Å². The van der Waals surface area contributed by atoms with Crippen LogP contribution in [-0.4, -0.2) is 49.6 Å². The molecule has 4 rings (SSSR count). The van der Waals surface area contributed by atoms with Crippen molar-refractivity contribution in [3.05, 3.63) is 83.8 Å². The van der Waals surface area contributed by atoms with Crippen molar-refractivity contribution in [2.24, 2.45) is 0 Å². The van der Waals surface area contributed by atoms with Crippen LogP contribution in [0.25, 0.3) is 0 Å². The van der Waals surface area contributed by atoms with Gasteiger partial charge in [0.15, 0.2) is 0 Å². The Morgan fingerprint density at radius 3 is 2.78 bits per heavy atom. The number of anilines is 2. The lowest BCUT2D eigenvalue weighted by Crippen LogP contribution is -2.33. The molecule has 0 fully saturated rings. The van der Waals surface area contributed by atoms with Crippen molar-refractivity contribution >= 4 is 17.4 Å². The van der Waals surface area contributed by atoms with E-state index < -0.39 is 0 Å². The van der Waals surface area contributed by atoms with Crippen LogP contribution < -0.4 is 15.1 Å². The first-order chi connectivity index (χ1) is 15.7. The molecule has 1 unspecified atom stereocenters. The fourth-order valence-electron chi connectivity index (χ4n) is 3.93. The van der Waals surface area contributed by atoms with E-state index in [9.17, 15) is 4.79 Å². The molecule has 1 aliphatic rings. The van der Waals surface area contributed by atoms with Crippen LogP contribution in [0.5, 0.6) is 0 Å². The van der Waals surface area contributed by atoms with Gasteiger partial charge < -0.3 is 19.9 Å². The minimum Gasteiger partial charge on any atom is -0.369 e. The van der Waals surface area contributed by atoms with Crippen molar-refractivity contribution in [1.29, 1.82) is 0 Å². The number of benzene rings is 2. The summed E-state index contributed by atoms with van der Waals surface area (Å²) < 4.78 is 6.31. The number of hydrogen-bond donors (Lipinski definition) is 1. The van der Waals surface area contributed by atoms with Gasteiger partial charge in [0.05, 0.1) is 12.7 Å². The van der Waals surface area contributed by atoms with Crippen LogP contribution in [0.2, 0.25) is 0 Å². The Morgan fingerprint density at radius 1 is 1.12 bits per heavy atom. The Kier molecular flexibility index (Phi) is 7.09. The SMILES string of the molecule is CNCCC(OCc1cccc(N2CCN(C)c3ncncc3C2=O)c1)c1ccccc1. The Labute approximate surface area is 189 Å². The highest BCUT2D eigenvalue weighted by Gasteiger charge is 2.27. The van der Waals surface area contributed by atoms with Crippen LogP contribution in [0.15, 0.2) is 67.1 Å². The van der Waals surface area contributed by atoms with Crippen molar-refractivity contribution in [2.75, 3.05) is 43.5 Å². The number of amides is 1. The largest absolute Gasteiger partial charge is 0.369 e. The lowest BCUT2D eigenvalue weighted by Gasteiger charge is -2.22. The normalized spacial score (nSPS) is 14.8. The molecule has 1 N–H and O–H groups in total. The van der Waals surface area contributed by atoms with Gasteiger partial charge in [0.25, 0.3) is 5.91 Å². The van der Waals surface area contributed by atoms with E-state index in [2.05, 4.69) is 27.4 Å². The van der Waals surface area contributed by atoms with Gasteiger partial charge in [-0.3, -0.25) is 4.79 Å². The maximum absolute atomic E-state index is 13.2. The van der Waals surface area contributed by atoms with Crippen LogP contribution in [0.4, 0.5) is 11.5 Å². The summed E-state index contributed by atoms with van der Waals surface area (Å²) in [5, 5.41) is 3.20. The second-order valence-electron chi connectivity index (χ2n) is 7.91. The molecular formula is C25H29N5O2. The molecule has 1 atom stereocenters. The number of carbonyl (C=O) groups is 1. The van der Waals surface area contributed by atoms with E-state index in [0.29, 0.717) is 31.1 Å². The molecule has 0 saturated carbocycles. The third-order valence-electron chi connectivity index (χ3n) is 5.69. The molecule has 7 nitrogen and oxygen atoms in total. The second-order valence-corrected chi connectivity index (χ2v) is 7.91. The van der Waals surface area contributed by atoms with Crippen molar-refractivity contribution < 1.29 is 9.53 Å². The van der Waals surface area contributed by atoms with Crippen molar-refractivity contribution in [2.45, 2.75) is 19.1 Å². The molecular weight excluding hydrogens is 402 g/mol. The van der Waals surface area contributed by atoms with E-state index in [4.69, 9.17) is 4.74 Å². The van der Waals surface area contributed by atoms with Crippen LogP contribution in [0, 0.1) is 0 Å². The summed E-state index contributed by atoms with van der Waals surface area (Å²) in [7, 11) is 3.89. The van der Waals surface area contributed by atoms with E-state index in [1.165, 1.54) is 11.9 Å². The fraction of sp³-hybridized carbons (Fsp3) is 0.320. The van der Waals surface area contributed by atoms with Crippen molar-refractivity contribution in [3.63, 3.8) is 0 Å². The molecule has 2 heterocycles. The Morgan fingerprint density at radius 2 is 1.97 bits per heavy atom. The number of fused-ring (bicyclic) bond motifs is 1. The van der Waals surface area contributed by atoms with Gasteiger partial charge in [-0.05, 0) is 43.3 Å². The molecule has 0 bridgehead atoms. The summed E-state index contributed by atoms with van der Waals surface area (Å²) in [6, 6.07) is 18.3. The summed E-state index contributed by atoms with van der Waals surface area (Å²) in [5.74, 6) is 0.585. The Hall–Kier alpha value is -3.29. The first kappa shape index (κ1) is 21.9. The smallest absolute Gasteiger partial charge is 0.263 e. The molecule has 1 amide bonds. The number of hydrogen-bond acceptors (Lipinski definition) is 6. The standard InChI is InChI=1S/C25H29N5O2/c1-26-12-11-23(20-8-4-3-5-9-20)32-17-19-7-6-10-21(15-19)30-14-13-29(2)24-22(25(30)31)16-27-18-28-24/h3-10,15-16,18,23,26H,11-14,17H2,1-2H3. The van der Waals surface area contributed by atoms with Crippen molar-refractivity contribution in [1.82, 2.24) is 15.3 Å². The van der Waals surface area contributed by atoms with E-state index in [0.717, 1.165) is 24.2 Å². The zero-order valence-corrected chi connectivity index (χ0v) is 18.6. The molecule has 0 aliphatic carbocycles. The summed E-state index contributed by atoms with van der Waals surface area (Å²) in [6.45, 7) is 2.61. The number of carbonyl (C=O) groups excluding carboxylic acids is 1. The molecule has 0 spiro atoms. The number of nitrogens with zero attached hydrogens (tertiary/aromatic N) is 4. The number of likely N-dealkylation sites (N-methyl/N-ethyl adjacent to an activating group) is 1. The van der Waals surface area contributed by atoms with Gasteiger partial charge in [0, 0.05) is 32.0 Å². The van der Waals surface area contributed by atoms with Crippen LogP contribution >= 0.6 is 0 Å². The van der Waals surface area contributed by atoms with Gasteiger partial charge in [0.1, 0.15) is 17.7 Å². The van der Waals surface area contributed by atoms with E-state index in [1.807, 2.05) is 61.5 Å². The first-order valence-electron chi connectivity index (χ1n) is 10.9. The predicted molar refractivity (Wildman–Crippen MR) is 126 cm³/mol. The van der Waals surface area contributed by atoms with Gasteiger partial charge in [-0.2, -0.15) is 0 Å². The molecule has 3 aromatic rings. The molecule has 0 saturated heterocycles. The Bertz CT molecular complexity index is 1040. The first-order valence-corrected chi connectivity index (χ1v) is 10.9. The number of ether oxygens (including phenoxy) is 1. The third-order valence-corrected chi connectivity index (χ3v) is 5.69. The van der Waals surface area contributed by atoms with E-state index in [-0.39, 0.29) is 12.0 Å². The average Bonchev–Trinajstić information content (AvgIpc) is 2.96. The number of nitrogens with one attached hydrogen (secondary N) is 1. The van der Waals surface area contributed by atoms with Crippen LogP contribution in [0.1, 0.15) is 34.0 Å².